The minimum absolute atomic E-state index is 0.0288. The number of benzene rings is 1. The molecule has 0 saturated carbocycles. The van der Waals surface area contributed by atoms with Gasteiger partial charge >= 0.3 is 5.97 Å². The fraction of sp³-hybridized carbons (Fsp3) is 0.200. The molecule has 0 bridgehead atoms. The lowest BCUT2D eigenvalue weighted by Crippen LogP contribution is -2.09. The van der Waals surface area contributed by atoms with E-state index in [2.05, 4.69) is 4.98 Å². The molecule has 0 radical (unpaired) electrons. The van der Waals surface area contributed by atoms with Crippen molar-refractivity contribution in [3.8, 4) is 11.3 Å². The number of pyridine rings is 1. The van der Waals surface area contributed by atoms with Crippen LogP contribution in [0.15, 0.2) is 24.3 Å². The molecule has 3 nitrogen and oxygen atoms in total. The maximum atomic E-state index is 13.8. The van der Waals surface area contributed by atoms with Gasteiger partial charge in [0.1, 0.15) is 11.6 Å². The summed E-state index contributed by atoms with van der Waals surface area (Å²) in [4.78, 5) is 15.8. The van der Waals surface area contributed by atoms with E-state index in [-0.39, 0.29) is 34.1 Å². The van der Waals surface area contributed by atoms with Gasteiger partial charge < -0.3 is 4.74 Å². The van der Waals surface area contributed by atoms with Crippen LogP contribution in [0.2, 0.25) is 5.02 Å². The van der Waals surface area contributed by atoms with Crippen LogP contribution in [0.4, 0.5) is 8.78 Å². The molecule has 0 saturated heterocycles. The number of hydrogen-bond donors (Lipinski definition) is 0. The number of nitrogens with zero attached hydrogens (tertiary/aromatic N) is 1. The van der Waals surface area contributed by atoms with Crippen molar-refractivity contribution in [1.29, 1.82) is 0 Å². The second-order valence-electron chi connectivity index (χ2n) is 4.27. The molecule has 0 aliphatic rings. The summed E-state index contributed by atoms with van der Waals surface area (Å²) in [5, 5.41) is 0.0404. The van der Waals surface area contributed by atoms with Crippen LogP contribution in [-0.4, -0.2) is 17.6 Å². The zero-order chi connectivity index (χ0) is 15.6. The van der Waals surface area contributed by atoms with E-state index < -0.39 is 17.6 Å². The van der Waals surface area contributed by atoms with E-state index in [0.29, 0.717) is 0 Å². The topological polar surface area (TPSA) is 39.2 Å². The molecular weight excluding hydrogens is 300 g/mol. The number of carbonyl (C=O) groups excluding carboxylic acids is 1. The Hall–Kier alpha value is -2.01. The molecule has 1 aromatic carbocycles. The zero-order valence-corrected chi connectivity index (χ0v) is 12.2. The Morgan fingerprint density at radius 1 is 1.33 bits per heavy atom. The molecule has 0 amide bonds. The molecule has 1 aromatic heterocycles. The monoisotopic (exact) mass is 311 g/mol. The normalized spacial score (nSPS) is 10.5. The predicted octanol–water partition coefficient (Wildman–Crippen LogP) is 4.17. The molecule has 2 aromatic rings. The predicted molar refractivity (Wildman–Crippen MR) is 75.3 cm³/mol. The van der Waals surface area contributed by atoms with Gasteiger partial charge in [0.25, 0.3) is 0 Å². The highest BCUT2D eigenvalue weighted by molar-refractivity contribution is 6.34. The second kappa shape index (κ2) is 6.18. The Bertz CT molecular complexity index is 661. The molecule has 0 unspecified atom stereocenters. The van der Waals surface area contributed by atoms with Gasteiger partial charge in [0.05, 0.1) is 34.1 Å². The van der Waals surface area contributed by atoms with Gasteiger partial charge in [-0.05, 0) is 32.0 Å². The van der Waals surface area contributed by atoms with Crippen molar-refractivity contribution in [2.75, 3.05) is 6.61 Å². The number of aryl methyl sites for hydroxylation is 1. The zero-order valence-electron chi connectivity index (χ0n) is 11.4. The van der Waals surface area contributed by atoms with Crippen LogP contribution in [-0.2, 0) is 4.74 Å². The van der Waals surface area contributed by atoms with Gasteiger partial charge in [0.15, 0.2) is 0 Å². The molecule has 110 valence electrons. The summed E-state index contributed by atoms with van der Waals surface area (Å²) in [6.07, 6.45) is 0. The van der Waals surface area contributed by atoms with Gasteiger partial charge in [-0.1, -0.05) is 17.7 Å². The first kappa shape index (κ1) is 15.4. The van der Waals surface area contributed by atoms with Crippen molar-refractivity contribution in [3.05, 3.63) is 52.2 Å². The molecule has 0 aliphatic heterocycles. The summed E-state index contributed by atoms with van der Waals surface area (Å²) in [6.45, 7) is 3.39. The van der Waals surface area contributed by atoms with Crippen molar-refractivity contribution in [2.45, 2.75) is 13.8 Å². The first-order valence-corrected chi connectivity index (χ1v) is 6.62. The summed E-state index contributed by atoms with van der Waals surface area (Å²) in [6, 6.07) is 4.77. The fourth-order valence-corrected chi connectivity index (χ4v) is 2.27. The van der Waals surface area contributed by atoms with Crippen LogP contribution in [0.25, 0.3) is 11.3 Å². The highest BCUT2D eigenvalue weighted by Gasteiger charge is 2.20. The molecule has 0 spiro atoms. The minimum atomic E-state index is -0.748. The lowest BCUT2D eigenvalue weighted by Gasteiger charge is -2.10. The van der Waals surface area contributed by atoms with Crippen molar-refractivity contribution in [2.24, 2.45) is 0 Å². The van der Waals surface area contributed by atoms with E-state index in [1.165, 1.54) is 19.1 Å². The molecule has 1 heterocycles. The first-order valence-electron chi connectivity index (χ1n) is 6.24. The van der Waals surface area contributed by atoms with Crippen LogP contribution in [0, 0.1) is 18.6 Å². The fourth-order valence-electron chi connectivity index (χ4n) is 1.95. The number of ether oxygens (including phenoxy) is 1. The van der Waals surface area contributed by atoms with E-state index >= 15 is 0 Å². The van der Waals surface area contributed by atoms with Gasteiger partial charge in [-0.2, -0.15) is 0 Å². The third-order valence-corrected chi connectivity index (χ3v) is 3.15. The summed E-state index contributed by atoms with van der Waals surface area (Å²) in [5.41, 5.74) is 0.0941. The molecular formula is C15H12ClF2NO2. The van der Waals surface area contributed by atoms with Crippen molar-refractivity contribution >= 4 is 17.6 Å². The standard InChI is InChI=1S/C15H12ClF2NO2/c1-3-21-15(20)13-8(2)19-12(7-9(13)16)14-10(17)5-4-6-11(14)18/h4-7H,3H2,1-2H3. The average Bonchev–Trinajstić information content (AvgIpc) is 2.38. The number of halogens is 3. The van der Waals surface area contributed by atoms with Crippen LogP contribution < -0.4 is 0 Å². The third-order valence-electron chi connectivity index (χ3n) is 2.85. The minimum Gasteiger partial charge on any atom is -0.462 e. The Morgan fingerprint density at radius 3 is 2.48 bits per heavy atom. The van der Waals surface area contributed by atoms with E-state index in [1.54, 1.807) is 6.92 Å². The highest BCUT2D eigenvalue weighted by Crippen LogP contribution is 2.29. The maximum Gasteiger partial charge on any atom is 0.341 e. The van der Waals surface area contributed by atoms with Gasteiger partial charge in [-0.15, -0.1) is 0 Å². The Labute approximate surface area is 125 Å². The smallest absolute Gasteiger partial charge is 0.341 e. The molecule has 0 fully saturated rings. The average molecular weight is 312 g/mol. The van der Waals surface area contributed by atoms with E-state index in [0.717, 1.165) is 12.1 Å². The Kier molecular flexibility index (Phi) is 4.53. The summed E-state index contributed by atoms with van der Waals surface area (Å²) >= 11 is 6.03. The number of hydrogen-bond acceptors (Lipinski definition) is 3. The van der Waals surface area contributed by atoms with Crippen molar-refractivity contribution < 1.29 is 18.3 Å². The summed E-state index contributed by atoms with van der Waals surface area (Å²) in [5.74, 6) is -2.11. The van der Waals surface area contributed by atoms with E-state index in [1.807, 2.05) is 0 Å². The SMILES string of the molecule is CCOC(=O)c1c(Cl)cc(-c2c(F)cccc2F)nc1C. The second-order valence-corrected chi connectivity index (χ2v) is 4.67. The number of rotatable bonds is 3. The van der Waals surface area contributed by atoms with Crippen LogP contribution in [0.5, 0.6) is 0 Å². The number of aromatic nitrogens is 1. The van der Waals surface area contributed by atoms with E-state index in [9.17, 15) is 13.6 Å². The van der Waals surface area contributed by atoms with Crippen molar-refractivity contribution in [3.63, 3.8) is 0 Å². The molecule has 21 heavy (non-hydrogen) atoms. The van der Waals surface area contributed by atoms with Crippen LogP contribution in [0.3, 0.4) is 0 Å². The summed E-state index contributed by atoms with van der Waals surface area (Å²) in [7, 11) is 0. The number of esters is 1. The lowest BCUT2D eigenvalue weighted by atomic mass is 10.1. The quantitative estimate of drug-likeness (QED) is 0.799. The van der Waals surface area contributed by atoms with Crippen molar-refractivity contribution in [1.82, 2.24) is 4.98 Å². The van der Waals surface area contributed by atoms with Gasteiger partial charge in [0.2, 0.25) is 0 Å². The van der Waals surface area contributed by atoms with Crippen LogP contribution >= 0.6 is 11.6 Å². The van der Waals surface area contributed by atoms with E-state index in [4.69, 9.17) is 16.3 Å². The highest BCUT2D eigenvalue weighted by atomic mass is 35.5. The maximum absolute atomic E-state index is 13.8. The Morgan fingerprint density at radius 2 is 1.95 bits per heavy atom. The largest absolute Gasteiger partial charge is 0.462 e. The first-order chi connectivity index (χ1) is 9.95. The van der Waals surface area contributed by atoms with Gasteiger partial charge in [-0.3, -0.25) is 4.98 Å². The number of carbonyl (C=O) groups is 1. The molecule has 0 atom stereocenters. The van der Waals surface area contributed by atoms with Gasteiger partial charge in [0, 0.05) is 0 Å². The lowest BCUT2D eigenvalue weighted by molar-refractivity contribution is 0.0525. The summed E-state index contributed by atoms with van der Waals surface area (Å²) < 4.78 is 32.4. The molecule has 0 aliphatic carbocycles. The molecule has 0 N–H and O–H groups in total. The molecule has 6 heteroatoms. The molecule has 2 rings (SSSR count). The van der Waals surface area contributed by atoms with Crippen LogP contribution in [0.1, 0.15) is 23.0 Å². The third kappa shape index (κ3) is 3.03. The Balaban J connectivity index is 2.57. The van der Waals surface area contributed by atoms with Gasteiger partial charge in [-0.25, -0.2) is 13.6 Å².